The highest BCUT2D eigenvalue weighted by atomic mass is 16.5. The topological polar surface area (TPSA) is 26.3 Å². The Balaban J connectivity index is 1.93. The summed E-state index contributed by atoms with van der Waals surface area (Å²) >= 11 is 0. The van der Waals surface area contributed by atoms with Crippen LogP contribution in [0.4, 0.5) is 0 Å². The highest BCUT2D eigenvalue weighted by Gasteiger charge is 2.21. The van der Waals surface area contributed by atoms with Gasteiger partial charge in [0.05, 0.1) is 6.42 Å². The van der Waals surface area contributed by atoms with Gasteiger partial charge >= 0.3 is 5.97 Å². The molecule has 0 aromatic rings. The Labute approximate surface area is 125 Å². The van der Waals surface area contributed by atoms with Gasteiger partial charge in [0, 0.05) is 6.42 Å². The van der Waals surface area contributed by atoms with E-state index in [0.29, 0.717) is 6.42 Å². The third-order valence-corrected chi connectivity index (χ3v) is 4.17. The molecule has 0 saturated carbocycles. The second-order valence-electron chi connectivity index (χ2n) is 5.96. The number of esters is 1. The maximum atomic E-state index is 11.2. The summed E-state index contributed by atoms with van der Waals surface area (Å²) in [6.07, 6.45) is 15.9. The van der Waals surface area contributed by atoms with Gasteiger partial charge in [-0.25, -0.2) is 0 Å². The molecular formula is C18H32O2. The van der Waals surface area contributed by atoms with Crippen molar-refractivity contribution in [2.45, 2.75) is 97.3 Å². The summed E-state index contributed by atoms with van der Waals surface area (Å²) in [5.74, 6) is 0.931. The van der Waals surface area contributed by atoms with E-state index < -0.39 is 0 Å². The first-order valence-electron chi connectivity index (χ1n) is 8.69. The predicted octanol–water partition coefficient (Wildman–Crippen LogP) is 5.91. The number of carbonyl (C=O) groups is 1. The van der Waals surface area contributed by atoms with Gasteiger partial charge in [-0.2, -0.15) is 0 Å². The summed E-state index contributed by atoms with van der Waals surface area (Å²) in [5, 5.41) is 0. The maximum absolute atomic E-state index is 11.2. The molecule has 1 heterocycles. The van der Waals surface area contributed by atoms with E-state index in [1.165, 1.54) is 69.8 Å². The molecule has 0 amide bonds. The molecule has 0 N–H and O–H groups in total. The van der Waals surface area contributed by atoms with E-state index >= 15 is 0 Å². The van der Waals surface area contributed by atoms with Crippen LogP contribution in [0.3, 0.4) is 0 Å². The van der Waals surface area contributed by atoms with Crippen LogP contribution >= 0.6 is 0 Å². The van der Waals surface area contributed by atoms with E-state index in [-0.39, 0.29) is 5.97 Å². The van der Waals surface area contributed by atoms with E-state index in [1.807, 2.05) is 0 Å². The number of carbonyl (C=O) groups excluding carboxylic acids is 1. The number of unbranched alkanes of at least 4 members (excludes halogenated alkanes) is 9. The number of rotatable bonds is 12. The molecule has 116 valence electrons. The lowest BCUT2D eigenvalue weighted by atomic mass is 10.0. The van der Waals surface area contributed by atoms with E-state index in [4.69, 9.17) is 4.74 Å². The molecule has 0 bridgehead atoms. The minimum absolute atomic E-state index is 0.0519. The van der Waals surface area contributed by atoms with E-state index in [0.717, 1.165) is 18.6 Å². The zero-order chi connectivity index (χ0) is 14.6. The van der Waals surface area contributed by atoms with Crippen molar-refractivity contribution >= 4 is 5.97 Å². The van der Waals surface area contributed by atoms with Gasteiger partial charge in [-0.3, -0.25) is 4.79 Å². The van der Waals surface area contributed by atoms with Crippen molar-refractivity contribution in [1.82, 2.24) is 0 Å². The van der Waals surface area contributed by atoms with Crippen LogP contribution in [0.15, 0.2) is 11.3 Å². The number of hydrogen-bond acceptors (Lipinski definition) is 2. The van der Waals surface area contributed by atoms with E-state index in [9.17, 15) is 4.79 Å². The molecule has 0 atom stereocenters. The fourth-order valence-electron chi connectivity index (χ4n) is 2.84. The molecule has 1 aliphatic rings. The highest BCUT2D eigenvalue weighted by Crippen LogP contribution is 2.27. The first kappa shape index (κ1) is 17.3. The van der Waals surface area contributed by atoms with Crippen molar-refractivity contribution < 1.29 is 9.53 Å². The summed E-state index contributed by atoms with van der Waals surface area (Å²) in [4.78, 5) is 11.2. The minimum Gasteiger partial charge on any atom is -0.431 e. The van der Waals surface area contributed by atoms with Gasteiger partial charge in [0.15, 0.2) is 0 Å². The lowest BCUT2D eigenvalue weighted by molar-refractivity contribution is -0.136. The standard InChI is InChI=1S/C18H32O2/c1-3-5-6-7-8-9-10-11-12-13-14-17-16(4-2)15-18(19)20-17/h3-15H2,1-2H3. The van der Waals surface area contributed by atoms with Gasteiger partial charge in [-0.05, 0) is 18.4 Å². The van der Waals surface area contributed by atoms with E-state index in [1.54, 1.807) is 0 Å². The minimum atomic E-state index is -0.0519. The normalized spacial score (nSPS) is 15.0. The summed E-state index contributed by atoms with van der Waals surface area (Å²) in [7, 11) is 0. The average molecular weight is 280 g/mol. The largest absolute Gasteiger partial charge is 0.431 e. The smallest absolute Gasteiger partial charge is 0.315 e. The maximum Gasteiger partial charge on any atom is 0.315 e. The van der Waals surface area contributed by atoms with Gasteiger partial charge in [0.2, 0.25) is 0 Å². The molecule has 0 spiro atoms. The monoisotopic (exact) mass is 280 g/mol. The number of allylic oxidation sites excluding steroid dienone is 1. The Morgan fingerprint density at radius 2 is 1.40 bits per heavy atom. The second-order valence-corrected chi connectivity index (χ2v) is 5.96. The zero-order valence-electron chi connectivity index (χ0n) is 13.5. The third-order valence-electron chi connectivity index (χ3n) is 4.17. The van der Waals surface area contributed by atoms with Gasteiger partial charge < -0.3 is 4.74 Å². The van der Waals surface area contributed by atoms with Gasteiger partial charge in [0.1, 0.15) is 5.76 Å². The third kappa shape index (κ3) is 7.12. The lowest BCUT2D eigenvalue weighted by Gasteiger charge is -2.05. The summed E-state index contributed by atoms with van der Waals surface area (Å²) in [6, 6.07) is 0. The SMILES string of the molecule is CCCCCCCCCCCCC1=C(CC)CC(=O)O1. The molecule has 1 rings (SSSR count). The molecule has 1 aliphatic heterocycles. The summed E-state index contributed by atoms with van der Waals surface area (Å²) < 4.78 is 5.29. The van der Waals surface area contributed by atoms with Crippen molar-refractivity contribution in [3.63, 3.8) is 0 Å². The molecule has 0 aromatic heterocycles. The Bertz CT molecular complexity index is 305. The predicted molar refractivity (Wildman–Crippen MR) is 84.5 cm³/mol. The van der Waals surface area contributed by atoms with Crippen LogP contribution in [-0.2, 0) is 9.53 Å². The molecule has 0 aromatic carbocycles. The Morgan fingerprint density at radius 3 is 1.95 bits per heavy atom. The van der Waals surface area contributed by atoms with Crippen LogP contribution in [0.1, 0.15) is 97.3 Å². The number of hydrogen-bond donors (Lipinski definition) is 0. The first-order chi connectivity index (χ1) is 9.77. The van der Waals surface area contributed by atoms with Crippen molar-refractivity contribution in [3.05, 3.63) is 11.3 Å². The Kier molecular flexibility index (Phi) is 9.44. The van der Waals surface area contributed by atoms with Crippen molar-refractivity contribution in [3.8, 4) is 0 Å². The molecule has 0 fully saturated rings. The number of cyclic esters (lactones) is 1. The Morgan fingerprint density at radius 1 is 0.850 bits per heavy atom. The quantitative estimate of drug-likeness (QED) is 0.328. The molecule has 0 aliphatic carbocycles. The fourth-order valence-corrected chi connectivity index (χ4v) is 2.84. The molecular weight excluding hydrogens is 248 g/mol. The van der Waals surface area contributed by atoms with Crippen LogP contribution in [-0.4, -0.2) is 5.97 Å². The van der Waals surface area contributed by atoms with Gasteiger partial charge in [0.25, 0.3) is 0 Å². The first-order valence-corrected chi connectivity index (χ1v) is 8.69. The summed E-state index contributed by atoms with van der Waals surface area (Å²) in [5.41, 5.74) is 1.23. The van der Waals surface area contributed by atoms with Crippen LogP contribution in [0.25, 0.3) is 0 Å². The van der Waals surface area contributed by atoms with Crippen molar-refractivity contribution in [2.75, 3.05) is 0 Å². The molecule has 2 heteroatoms. The lowest BCUT2D eigenvalue weighted by Crippen LogP contribution is -1.93. The Hall–Kier alpha value is -0.790. The zero-order valence-corrected chi connectivity index (χ0v) is 13.5. The van der Waals surface area contributed by atoms with Crippen molar-refractivity contribution in [1.29, 1.82) is 0 Å². The second kappa shape index (κ2) is 10.9. The summed E-state index contributed by atoms with van der Waals surface area (Å²) in [6.45, 7) is 4.37. The molecule has 0 radical (unpaired) electrons. The molecule has 20 heavy (non-hydrogen) atoms. The van der Waals surface area contributed by atoms with Crippen molar-refractivity contribution in [2.24, 2.45) is 0 Å². The number of ether oxygens (including phenoxy) is 1. The highest BCUT2D eigenvalue weighted by molar-refractivity contribution is 5.76. The average Bonchev–Trinajstić information content (AvgIpc) is 2.81. The van der Waals surface area contributed by atoms with Gasteiger partial charge in [-0.1, -0.05) is 71.6 Å². The molecule has 0 saturated heterocycles. The van der Waals surface area contributed by atoms with Crippen LogP contribution in [0.2, 0.25) is 0 Å². The molecule has 0 unspecified atom stereocenters. The fraction of sp³-hybridized carbons (Fsp3) is 0.833. The van der Waals surface area contributed by atoms with Crippen LogP contribution in [0, 0.1) is 0 Å². The van der Waals surface area contributed by atoms with Crippen LogP contribution in [0.5, 0.6) is 0 Å². The van der Waals surface area contributed by atoms with Crippen LogP contribution < -0.4 is 0 Å². The van der Waals surface area contributed by atoms with E-state index in [2.05, 4.69) is 13.8 Å². The molecule has 2 nitrogen and oxygen atoms in total. The van der Waals surface area contributed by atoms with Gasteiger partial charge in [-0.15, -0.1) is 0 Å².